The summed E-state index contributed by atoms with van der Waals surface area (Å²) in [6.45, 7) is 3.24. The molecule has 1 unspecified atom stereocenters. The van der Waals surface area contributed by atoms with E-state index < -0.39 is 6.10 Å². The van der Waals surface area contributed by atoms with Crippen LogP contribution in [-0.4, -0.2) is 31.0 Å². The summed E-state index contributed by atoms with van der Waals surface area (Å²) < 4.78 is 6.05. The third-order valence-corrected chi connectivity index (χ3v) is 2.79. The first-order valence-electron chi connectivity index (χ1n) is 5.08. The zero-order valence-corrected chi connectivity index (χ0v) is 11.4. The molecule has 2 N–H and O–H groups in total. The molecule has 0 fully saturated rings. The minimum Gasteiger partial charge on any atom is -0.389 e. The van der Waals surface area contributed by atoms with Gasteiger partial charge in [0.15, 0.2) is 0 Å². The van der Waals surface area contributed by atoms with E-state index >= 15 is 0 Å². The Hall–Kier alpha value is -0.290. The lowest BCUT2D eigenvalue weighted by Crippen LogP contribution is -2.24. The van der Waals surface area contributed by atoms with E-state index in [2.05, 4.69) is 21.2 Å². The Bertz CT molecular complexity index is 336. The average molecular weight is 309 g/mol. The number of aliphatic hydroxyl groups excluding tert-OH is 1. The van der Waals surface area contributed by atoms with Crippen LogP contribution in [0.4, 0.5) is 5.69 Å². The SMILES string of the molecule is CCOCC(O)CNc1cc(Br)ccc1Cl. The molecule has 1 atom stereocenters. The van der Waals surface area contributed by atoms with Crippen LogP contribution >= 0.6 is 27.5 Å². The van der Waals surface area contributed by atoms with Crippen molar-refractivity contribution in [2.45, 2.75) is 13.0 Å². The van der Waals surface area contributed by atoms with Crippen molar-refractivity contribution in [3.63, 3.8) is 0 Å². The van der Waals surface area contributed by atoms with Crippen LogP contribution in [-0.2, 0) is 4.74 Å². The fourth-order valence-corrected chi connectivity index (χ4v) is 1.72. The molecule has 0 spiro atoms. The molecule has 0 aliphatic heterocycles. The van der Waals surface area contributed by atoms with E-state index in [4.69, 9.17) is 16.3 Å². The van der Waals surface area contributed by atoms with Crippen molar-refractivity contribution in [3.8, 4) is 0 Å². The largest absolute Gasteiger partial charge is 0.389 e. The van der Waals surface area contributed by atoms with Crippen LogP contribution in [0.1, 0.15) is 6.92 Å². The van der Waals surface area contributed by atoms with E-state index in [9.17, 15) is 5.11 Å². The lowest BCUT2D eigenvalue weighted by molar-refractivity contribution is 0.0496. The predicted molar refractivity (Wildman–Crippen MR) is 70.1 cm³/mol. The van der Waals surface area contributed by atoms with Gasteiger partial charge in [-0.3, -0.25) is 0 Å². The molecule has 3 nitrogen and oxygen atoms in total. The third-order valence-electron chi connectivity index (χ3n) is 1.97. The molecular weight excluding hydrogens is 293 g/mol. The first kappa shape index (κ1) is 13.8. The van der Waals surface area contributed by atoms with Gasteiger partial charge in [-0.05, 0) is 25.1 Å². The third kappa shape index (κ3) is 4.70. The molecule has 16 heavy (non-hydrogen) atoms. The maximum absolute atomic E-state index is 9.56. The van der Waals surface area contributed by atoms with Gasteiger partial charge < -0.3 is 15.2 Å². The van der Waals surface area contributed by atoms with Gasteiger partial charge in [-0.25, -0.2) is 0 Å². The zero-order chi connectivity index (χ0) is 12.0. The first-order chi connectivity index (χ1) is 7.63. The molecule has 0 bridgehead atoms. The van der Waals surface area contributed by atoms with Crippen LogP contribution in [0.25, 0.3) is 0 Å². The summed E-state index contributed by atoms with van der Waals surface area (Å²) in [5.74, 6) is 0. The van der Waals surface area contributed by atoms with Crippen molar-refractivity contribution in [2.24, 2.45) is 0 Å². The van der Waals surface area contributed by atoms with E-state index in [1.54, 1.807) is 6.07 Å². The van der Waals surface area contributed by atoms with Crippen LogP contribution in [0.2, 0.25) is 5.02 Å². The van der Waals surface area contributed by atoms with Crippen molar-refractivity contribution >= 4 is 33.2 Å². The molecule has 0 heterocycles. The molecule has 0 saturated carbocycles. The normalized spacial score (nSPS) is 12.5. The van der Waals surface area contributed by atoms with Gasteiger partial charge in [0, 0.05) is 17.6 Å². The lowest BCUT2D eigenvalue weighted by Gasteiger charge is -2.13. The summed E-state index contributed by atoms with van der Waals surface area (Å²) in [4.78, 5) is 0. The molecule has 1 aromatic carbocycles. The van der Waals surface area contributed by atoms with Crippen LogP contribution in [0.15, 0.2) is 22.7 Å². The Morgan fingerprint density at radius 3 is 3.00 bits per heavy atom. The van der Waals surface area contributed by atoms with E-state index in [1.165, 1.54) is 0 Å². The smallest absolute Gasteiger partial charge is 0.0945 e. The van der Waals surface area contributed by atoms with Crippen LogP contribution < -0.4 is 5.32 Å². The highest BCUT2D eigenvalue weighted by molar-refractivity contribution is 9.10. The van der Waals surface area contributed by atoms with E-state index in [0.717, 1.165) is 10.2 Å². The Morgan fingerprint density at radius 2 is 2.31 bits per heavy atom. The monoisotopic (exact) mass is 307 g/mol. The molecule has 0 amide bonds. The fourth-order valence-electron chi connectivity index (χ4n) is 1.17. The molecule has 0 radical (unpaired) electrons. The second-order valence-corrected chi connectivity index (χ2v) is 4.64. The average Bonchev–Trinajstić information content (AvgIpc) is 2.27. The van der Waals surface area contributed by atoms with E-state index in [0.29, 0.717) is 24.8 Å². The maximum atomic E-state index is 9.56. The second kappa shape index (κ2) is 7.12. The Kier molecular flexibility index (Phi) is 6.13. The lowest BCUT2D eigenvalue weighted by atomic mass is 10.3. The molecule has 0 aliphatic carbocycles. The van der Waals surface area contributed by atoms with Gasteiger partial charge in [0.25, 0.3) is 0 Å². The number of anilines is 1. The Labute approximate surface area is 109 Å². The maximum Gasteiger partial charge on any atom is 0.0945 e. The molecule has 0 aliphatic rings. The number of nitrogens with one attached hydrogen (secondary N) is 1. The number of ether oxygens (including phenoxy) is 1. The summed E-state index contributed by atoms with van der Waals surface area (Å²) in [5, 5.41) is 13.3. The highest BCUT2D eigenvalue weighted by Gasteiger charge is 2.05. The van der Waals surface area contributed by atoms with Gasteiger partial charge in [0.05, 0.1) is 23.4 Å². The molecular formula is C11H15BrClNO2. The number of hydrogen-bond acceptors (Lipinski definition) is 3. The zero-order valence-electron chi connectivity index (χ0n) is 9.04. The molecule has 1 aromatic rings. The van der Waals surface area contributed by atoms with Crippen LogP contribution in [0.3, 0.4) is 0 Å². The number of rotatable bonds is 6. The fraction of sp³-hybridized carbons (Fsp3) is 0.455. The van der Waals surface area contributed by atoms with Crippen LogP contribution in [0.5, 0.6) is 0 Å². The highest BCUT2D eigenvalue weighted by Crippen LogP contribution is 2.25. The summed E-state index contributed by atoms with van der Waals surface area (Å²) in [7, 11) is 0. The van der Waals surface area contributed by atoms with E-state index in [1.807, 2.05) is 19.1 Å². The molecule has 0 aromatic heterocycles. The topological polar surface area (TPSA) is 41.5 Å². The number of aliphatic hydroxyl groups is 1. The van der Waals surface area contributed by atoms with Gasteiger partial charge in [0.1, 0.15) is 0 Å². The molecule has 5 heteroatoms. The van der Waals surface area contributed by atoms with Crippen molar-refractivity contribution in [1.29, 1.82) is 0 Å². The Morgan fingerprint density at radius 1 is 1.56 bits per heavy atom. The van der Waals surface area contributed by atoms with E-state index in [-0.39, 0.29) is 0 Å². The minimum absolute atomic E-state index is 0.328. The number of benzene rings is 1. The minimum atomic E-state index is -0.532. The van der Waals surface area contributed by atoms with Gasteiger partial charge in [-0.1, -0.05) is 27.5 Å². The van der Waals surface area contributed by atoms with Crippen LogP contribution in [0, 0.1) is 0 Å². The van der Waals surface area contributed by atoms with Gasteiger partial charge in [0.2, 0.25) is 0 Å². The quantitative estimate of drug-likeness (QED) is 0.849. The molecule has 90 valence electrons. The predicted octanol–water partition coefficient (Wildman–Crippen LogP) is 2.91. The summed E-state index contributed by atoms with van der Waals surface area (Å²) in [6, 6.07) is 5.53. The standard InChI is InChI=1S/C11H15BrClNO2/c1-2-16-7-9(15)6-14-11-5-8(12)3-4-10(11)13/h3-5,9,14-15H,2,6-7H2,1H3. The number of halogens is 2. The van der Waals surface area contributed by atoms with Crippen molar-refractivity contribution in [3.05, 3.63) is 27.7 Å². The number of hydrogen-bond donors (Lipinski definition) is 2. The van der Waals surface area contributed by atoms with Gasteiger partial charge in [-0.2, -0.15) is 0 Å². The Balaban J connectivity index is 2.44. The van der Waals surface area contributed by atoms with Crippen molar-refractivity contribution < 1.29 is 9.84 Å². The van der Waals surface area contributed by atoms with Crippen molar-refractivity contribution in [2.75, 3.05) is 25.1 Å². The summed E-state index contributed by atoms with van der Waals surface area (Å²) >= 11 is 9.35. The summed E-state index contributed by atoms with van der Waals surface area (Å²) in [6.07, 6.45) is -0.532. The first-order valence-corrected chi connectivity index (χ1v) is 6.25. The second-order valence-electron chi connectivity index (χ2n) is 3.32. The van der Waals surface area contributed by atoms with Gasteiger partial charge >= 0.3 is 0 Å². The highest BCUT2D eigenvalue weighted by atomic mass is 79.9. The summed E-state index contributed by atoms with van der Waals surface area (Å²) in [5.41, 5.74) is 0.798. The van der Waals surface area contributed by atoms with Crippen molar-refractivity contribution in [1.82, 2.24) is 0 Å². The molecule has 0 saturated heterocycles. The molecule has 1 rings (SSSR count). The van der Waals surface area contributed by atoms with Gasteiger partial charge in [-0.15, -0.1) is 0 Å².